The number of nitrogen functional groups attached to an aromatic ring is 2. The van der Waals surface area contributed by atoms with Crippen molar-refractivity contribution in [2.45, 2.75) is 13.5 Å². The molecule has 0 unspecified atom stereocenters. The van der Waals surface area contributed by atoms with Gasteiger partial charge in [-0.3, -0.25) is 0 Å². The molecule has 3 aromatic rings. The molecule has 0 saturated carbocycles. The maximum absolute atomic E-state index is 13.8. The van der Waals surface area contributed by atoms with Gasteiger partial charge in [0.25, 0.3) is 0 Å². The Morgan fingerprint density at radius 3 is 2.70 bits per heavy atom. The van der Waals surface area contributed by atoms with E-state index in [0.717, 1.165) is 0 Å². The highest BCUT2D eigenvalue weighted by Crippen LogP contribution is 2.27. The molecule has 2 heterocycles. The third-order valence-electron chi connectivity index (χ3n) is 3.53. The van der Waals surface area contributed by atoms with Crippen molar-refractivity contribution in [2.75, 3.05) is 11.5 Å². The van der Waals surface area contributed by atoms with E-state index in [1.807, 2.05) is 0 Å². The van der Waals surface area contributed by atoms with Crippen molar-refractivity contribution in [2.24, 2.45) is 0 Å². The van der Waals surface area contributed by atoms with Crippen molar-refractivity contribution < 1.29 is 9.50 Å². The molecule has 118 valence electrons. The van der Waals surface area contributed by atoms with Gasteiger partial charge in [0, 0.05) is 11.1 Å². The van der Waals surface area contributed by atoms with Crippen LogP contribution >= 0.6 is 0 Å². The van der Waals surface area contributed by atoms with Gasteiger partial charge in [-0.15, -0.1) is 0 Å². The first kappa shape index (κ1) is 14.8. The van der Waals surface area contributed by atoms with E-state index in [9.17, 15) is 9.50 Å². The maximum Gasteiger partial charge on any atom is 0.182 e. The van der Waals surface area contributed by atoms with Crippen LogP contribution in [0.3, 0.4) is 0 Å². The molecular weight excluding hydrogens is 299 g/mol. The Bertz CT molecular complexity index is 876. The minimum atomic E-state index is -0.327. The van der Waals surface area contributed by atoms with Crippen LogP contribution in [0.4, 0.5) is 16.0 Å². The third-order valence-corrected chi connectivity index (χ3v) is 3.53. The molecule has 0 fully saturated rings. The number of hydrogen-bond acceptors (Lipinski definition) is 6. The van der Waals surface area contributed by atoms with E-state index in [1.165, 1.54) is 16.9 Å². The number of aromatic nitrogens is 4. The van der Waals surface area contributed by atoms with Gasteiger partial charge in [-0.05, 0) is 13.0 Å². The minimum Gasteiger partial charge on any atom is -0.503 e. The lowest BCUT2D eigenvalue weighted by Gasteiger charge is -2.05. The molecule has 2 aromatic heterocycles. The maximum atomic E-state index is 13.8. The van der Waals surface area contributed by atoms with Crippen molar-refractivity contribution in [3.05, 3.63) is 47.4 Å². The lowest BCUT2D eigenvalue weighted by Crippen LogP contribution is -2.07. The summed E-state index contributed by atoms with van der Waals surface area (Å²) in [6.45, 7) is 1.95. The van der Waals surface area contributed by atoms with Gasteiger partial charge in [0.05, 0.1) is 12.7 Å². The molecule has 23 heavy (non-hydrogen) atoms. The fraction of sp³-hybridized carbons (Fsp3) is 0.133. The van der Waals surface area contributed by atoms with E-state index in [2.05, 4.69) is 15.1 Å². The van der Waals surface area contributed by atoms with Crippen LogP contribution in [-0.2, 0) is 6.54 Å². The Balaban J connectivity index is 2.01. The van der Waals surface area contributed by atoms with Crippen molar-refractivity contribution in [3.63, 3.8) is 0 Å². The van der Waals surface area contributed by atoms with Crippen LogP contribution in [-0.4, -0.2) is 24.9 Å². The number of halogens is 1. The predicted molar refractivity (Wildman–Crippen MR) is 84.0 cm³/mol. The summed E-state index contributed by atoms with van der Waals surface area (Å²) in [6, 6.07) is 6.41. The highest BCUT2D eigenvalue weighted by atomic mass is 19.1. The zero-order valence-electron chi connectivity index (χ0n) is 12.4. The molecule has 1 aromatic carbocycles. The number of aromatic hydroxyl groups is 1. The molecule has 5 N–H and O–H groups in total. The van der Waals surface area contributed by atoms with E-state index in [4.69, 9.17) is 11.5 Å². The number of rotatable bonds is 3. The molecular formula is C15H15FN6O. The Morgan fingerprint density at radius 2 is 2.00 bits per heavy atom. The Labute approximate surface area is 131 Å². The summed E-state index contributed by atoms with van der Waals surface area (Å²) in [5.41, 5.74) is 13.2. The van der Waals surface area contributed by atoms with Gasteiger partial charge in [-0.25, -0.2) is 19.0 Å². The predicted octanol–water partition coefficient (Wildman–Crippen LogP) is 1.71. The summed E-state index contributed by atoms with van der Waals surface area (Å²) >= 11 is 0. The smallest absolute Gasteiger partial charge is 0.182 e. The molecule has 0 spiro atoms. The summed E-state index contributed by atoms with van der Waals surface area (Å²) in [7, 11) is 0. The van der Waals surface area contributed by atoms with Crippen LogP contribution in [0.15, 0.2) is 30.5 Å². The highest BCUT2D eigenvalue weighted by molar-refractivity contribution is 5.64. The summed E-state index contributed by atoms with van der Waals surface area (Å²) in [5, 5.41) is 13.8. The van der Waals surface area contributed by atoms with Crippen molar-refractivity contribution >= 4 is 11.6 Å². The number of hydrogen-bond donors (Lipinski definition) is 3. The SMILES string of the molecule is Cc1c(-c2ncc(O)c(N)n2)nn(Cc2ccccc2F)c1N. The first-order valence-corrected chi connectivity index (χ1v) is 6.85. The second-order valence-corrected chi connectivity index (χ2v) is 5.07. The molecule has 0 radical (unpaired) electrons. The van der Waals surface area contributed by atoms with Crippen LogP contribution in [0.5, 0.6) is 5.75 Å². The van der Waals surface area contributed by atoms with Crippen molar-refractivity contribution in [3.8, 4) is 17.3 Å². The highest BCUT2D eigenvalue weighted by Gasteiger charge is 2.17. The molecule has 0 saturated heterocycles. The first-order chi connectivity index (χ1) is 11.0. The summed E-state index contributed by atoms with van der Waals surface area (Å²) in [5.74, 6) is 0.0591. The Kier molecular flexibility index (Phi) is 3.57. The van der Waals surface area contributed by atoms with Crippen LogP contribution in [0, 0.1) is 12.7 Å². The summed E-state index contributed by atoms with van der Waals surface area (Å²) in [6.07, 6.45) is 1.20. The number of benzene rings is 1. The monoisotopic (exact) mass is 314 g/mol. The molecule has 3 rings (SSSR count). The van der Waals surface area contributed by atoms with E-state index < -0.39 is 0 Å². The molecule has 0 aliphatic carbocycles. The van der Waals surface area contributed by atoms with E-state index in [0.29, 0.717) is 22.6 Å². The van der Waals surface area contributed by atoms with Crippen molar-refractivity contribution in [1.29, 1.82) is 0 Å². The number of anilines is 2. The lowest BCUT2D eigenvalue weighted by atomic mass is 10.2. The minimum absolute atomic E-state index is 0.0448. The number of nitrogens with two attached hydrogens (primary N) is 2. The van der Waals surface area contributed by atoms with Gasteiger partial charge in [0.1, 0.15) is 17.3 Å². The fourth-order valence-corrected chi connectivity index (χ4v) is 2.19. The molecule has 7 nitrogen and oxygen atoms in total. The van der Waals surface area contributed by atoms with E-state index in [-0.39, 0.29) is 29.8 Å². The largest absolute Gasteiger partial charge is 0.503 e. The van der Waals surface area contributed by atoms with Crippen LogP contribution in [0.25, 0.3) is 11.5 Å². The third kappa shape index (κ3) is 2.66. The Hall–Kier alpha value is -3.16. The molecule has 8 heteroatoms. The first-order valence-electron chi connectivity index (χ1n) is 6.85. The van der Waals surface area contributed by atoms with Crippen LogP contribution < -0.4 is 11.5 Å². The van der Waals surface area contributed by atoms with Gasteiger partial charge >= 0.3 is 0 Å². The molecule has 0 amide bonds. The van der Waals surface area contributed by atoms with Gasteiger partial charge < -0.3 is 16.6 Å². The Morgan fingerprint density at radius 1 is 1.26 bits per heavy atom. The topological polar surface area (TPSA) is 116 Å². The van der Waals surface area contributed by atoms with Crippen molar-refractivity contribution in [1.82, 2.24) is 19.7 Å². The zero-order chi connectivity index (χ0) is 16.6. The number of nitrogens with zero attached hydrogens (tertiary/aromatic N) is 4. The van der Waals surface area contributed by atoms with Gasteiger partial charge in [0.15, 0.2) is 17.4 Å². The van der Waals surface area contributed by atoms with E-state index in [1.54, 1.807) is 25.1 Å². The summed E-state index contributed by atoms with van der Waals surface area (Å²) < 4.78 is 15.3. The zero-order valence-corrected chi connectivity index (χ0v) is 12.4. The fourth-order valence-electron chi connectivity index (χ4n) is 2.19. The molecule has 0 bridgehead atoms. The summed E-state index contributed by atoms with van der Waals surface area (Å²) in [4.78, 5) is 8.00. The van der Waals surface area contributed by atoms with Crippen LogP contribution in [0.1, 0.15) is 11.1 Å². The van der Waals surface area contributed by atoms with Gasteiger partial charge in [-0.2, -0.15) is 5.10 Å². The standard InChI is InChI=1S/C15H15FN6O/c1-8-12(15-19-6-11(23)13(17)20-15)21-22(14(8)18)7-9-4-2-3-5-10(9)16/h2-6,23H,7,18H2,1H3,(H2,17,19,20). The average Bonchev–Trinajstić information content (AvgIpc) is 2.81. The molecule has 0 atom stereocenters. The van der Waals surface area contributed by atoms with Crippen LogP contribution in [0.2, 0.25) is 0 Å². The molecule has 0 aliphatic rings. The molecule has 0 aliphatic heterocycles. The van der Waals surface area contributed by atoms with Gasteiger partial charge in [0.2, 0.25) is 0 Å². The average molecular weight is 314 g/mol. The van der Waals surface area contributed by atoms with E-state index >= 15 is 0 Å². The normalized spacial score (nSPS) is 10.9. The van der Waals surface area contributed by atoms with Gasteiger partial charge in [-0.1, -0.05) is 18.2 Å². The second-order valence-electron chi connectivity index (χ2n) is 5.07. The second kappa shape index (κ2) is 5.56. The quantitative estimate of drug-likeness (QED) is 0.677. The lowest BCUT2D eigenvalue weighted by molar-refractivity contribution is 0.473.